The Morgan fingerprint density at radius 2 is 1.81 bits per heavy atom. The lowest BCUT2D eigenvalue weighted by atomic mass is 10.1. The van der Waals surface area contributed by atoms with Gasteiger partial charge in [0.15, 0.2) is 0 Å². The van der Waals surface area contributed by atoms with E-state index in [0.29, 0.717) is 34.9 Å². The number of amides is 2. The second-order valence-electron chi connectivity index (χ2n) is 7.12. The van der Waals surface area contributed by atoms with E-state index in [1.54, 1.807) is 48.5 Å². The normalized spacial score (nSPS) is 11.1. The molecule has 0 atom stereocenters. The maximum absolute atomic E-state index is 12.4. The number of sulfonamides is 1. The number of hydrogen-bond acceptors (Lipinski definition) is 4. The topological polar surface area (TPSA) is 95.6 Å². The van der Waals surface area contributed by atoms with Gasteiger partial charge in [0, 0.05) is 24.5 Å². The van der Waals surface area contributed by atoms with Crippen molar-refractivity contribution >= 4 is 44.8 Å². The molecule has 0 bridgehead atoms. The Morgan fingerprint density at radius 1 is 1.06 bits per heavy atom. The number of rotatable bonds is 11. The summed E-state index contributed by atoms with van der Waals surface area (Å²) in [5.41, 5.74) is 1.27. The molecule has 0 fully saturated rings. The van der Waals surface area contributed by atoms with Crippen LogP contribution < -0.4 is 14.9 Å². The molecule has 168 valence electrons. The van der Waals surface area contributed by atoms with Crippen LogP contribution in [0.25, 0.3) is 0 Å². The van der Waals surface area contributed by atoms with Crippen LogP contribution in [0.1, 0.15) is 43.0 Å². The summed E-state index contributed by atoms with van der Waals surface area (Å²) in [6.45, 7) is 2.74. The molecule has 0 saturated heterocycles. The second kappa shape index (κ2) is 11.7. The van der Waals surface area contributed by atoms with Crippen molar-refractivity contribution in [2.75, 3.05) is 29.0 Å². The van der Waals surface area contributed by atoms with Crippen LogP contribution in [0.5, 0.6) is 0 Å². The summed E-state index contributed by atoms with van der Waals surface area (Å²) in [5, 5.41) is 6.02. The highest BCUT2D eigenvalue weighted by Gasteiger charge is 2.18. The smallest absolute Gasteiger partial charge is 0.253 e. The van der Waals surface area contributed by atoms with Crippen LogP contribution >= 0.6 is 11.6 Å². The molecule has 0 spiro atoms. The third-order valence-electron chi connectivity index (χ3n) is 4.52. The van der Waals surface area contributed by atoms with Crippen LogP contribution in [-0.4, -0.2) is 39.6 Å². The SMILES string of the molecule is CCCCNC(=O)c1ccccc1NC(=O)CCCN(c1cccc(Cl)c1)S(C)(=O)=O. The maximum Gasteiger partial charge on any atom is 0.253 e. The molecule has 0 saturated carbocycles. The van der Waals surface area contributed by atoms with E-state index in [-0.39, 0.29) is 24.8 Å². The maximum atomic E-state index is 12.4. The average Bonchev–Trinajstić information content (AvgIpc) is 2.70. The third-order valence-corrected chi connectivity index (χ3v) is 5.95. The van der Waals surface area contributed by atoms with Crippen molar-refractivity contribution in [3.8, 4) is 0 Å². The zero-order valence-corrected chi connectivity index (χ0v) is 19.3. The lowest BCUT2D eigenvalue weighted by Gasteiger charge is -2.22. The summed E-state index contributed by atoms with van der Waals surface area (Å²) in [5.74, 6) is -0.540. The standard InChI is InChI=1S/C22H28ClN3O4S/c1-3-4-14-24-22(28)19-11-5-6-12-20(19)25-21(27)13-8-15-26(31(2,29)30)18-10-7-9-17(23)16-18/h5-7,9-12,16H,3-4,8,13-15H2,1-2H3,(H,24,28)(H,25,27). The average molecular weight is 466 g/mol. The van der Waals surface area contributed by atoms with E-state index in [9.17, 15) is 18.0 Å². The van der Waals surface area contributed by atoms with Crippen LogP contribution in [0.4, 0.5) is 11.4 Å². The summed E-state index contributed by atoms with van der Waals surface area (Å²) in [4.78, 5) is 24.8. The molecule has 2 N–H and O–H groups in total. The fourth-order valence-electron chi connectivity index (χ4n) is 2.98. The quantitative estimate of drug-likeness (QED) is 0.489. The minimum atomic E-state index is -3.53. The molecule has 2 aromatic carbocycles. The van der Waals surface area contributed by atoms with Gasteiger partial charge in [-0.05, 0) is 43.2 Å². The minimum absolute atomic E-state index is 0.0956. The van der Waals surface area contributed by atoms with E-state index in [0.717, 1.165) is 19.1 Å². The van der Waals surface area contributed by atoms with Gasteiger partial charge >= 0.3 is 0 Å². The van der Waals surface area contributed by atoms with Gasteiger partial charge in [0.1, 0.15) is 0 Å². The lowest BCUT2D eigenvalue weighted by molar-refractivity contribution is -0.116. The molecule has 31 heavy (non-hydrogen) atoms. The highest BCUT2D eigenvalue weighted by molar-refractivity contribution is 7.92. The number of carbonyl (C=O) groups excluding carboxylic acids is 2. The molecule has 2 rings (SSSR count). The fourth-order valence-corrected chi connectivity index (χ4v) is 4.12. The van der Waals surface area contributed by atoms with E-state index in [1.807, 2.05) is 6.92 Å². The van der Waals surface area contributed by atoms with Crippen LogP contribution in [0.3, 0.4) is 0 Å². The molecule has 0 aliphatic carbocycles. The Kier molecular flexibility index (Phi) is 9.33. The van der Waals surface area contributed by atoms with Gasteiger partial charge < -0.3 is 10.6 Å². The number of unbranched alkanes of at least 4 members (excludes halogenated alkanes) is 1. The first-order valence-corrected chi connectivity index (χ1v) is 12.4. The van der Waals surface area contributed by atoms with Gasteiger partial charge in [-0.15, -0.1) is 0 Å². The molecular weight excluding hydrogens is 438 g/mol. The molecule has 0 aliphatic rings. The molecule has 2 amide bonds. The van der Waals surface area contributed by atoms with Crippen molar-refractivity contribution in [3.63, 3.8) is 0 Å². The molecule has 9 heteroatoms. The first kappa shape index (κ1) is 24.7. The summed E-state index contributed by atoms with van der Waals surface area (Å²) in [6.07, 6.45) is 3.36. The molecule has 0 heterocycles. The van der Waals surface area contributed by atoms with Crippen LogP contribution in [0.2, 0.25) is 5.02 Å². The summed E-state index contributed by atoms with van der Waals surface area (Å²) in [7, 11) is -3.53. The van der Waals surface area contributed by atoms with Crippen molar-refractivity contribution in [1.82, 2.24) is 5.32 Å². The largest absolute Gasteiger partial charge is 0.352 e. The number of halogens is 1. The highest BCUT2D eigenvalue weighted by Crippen LogP contribution is 2.22. The predicted molar refractivity (Wildman–Crippen MR) is 125 cm³/mol. The highest BCUT2D eigenvalue weighted by atomic mass is 35.5. The van der Waals surface area contributed by atoms with Gasteiger partial charge in [-0.3, -0.25) is 13.9 Å². The monoisotopic (exact) mass is 465 g/mol. The summed E-state index contributed by atoms with van der Waals surface area (Å²) >= 11 is 5.98. The molecule has 0 aliphatic heterocycles. The van der Waals surface area contributed by atoms with Gasteiger partial charge in [0.25, 0.3) is 5.91 Å². The van der Waals surface area contributed by atoms with Crippen LogP contribution in [0.15, 0.2) is 48.5 Å². The zero-order valence-electron chi connectivity index (χ0n) is 17.7. The van der Waals surface area contributed by atoms with Crippen LogP contribution in [-0.2, 0) is 14.8 Å². The summed E-state index contributed by atoms with van der Waals surface area (Å²) < 4.78 is 25.6. The molecule has 2 aromatic rings. The number of nitrogens with one attached hydrogen (secondary N) is 2. The number of anilines is 2. The van der Waals surface area contributed by atoms with E-state index in [1.165, 1.54) is 4.31 Å². The number of hydrogen-bond donors (Lipinski definition) is 2. The van der Waals surface area contributed by atoms with Gasteiger partial charge in [-0.2, -0.15) is 0 Å². The molecule has 0 aromatic heterocycles. The molecular formula is C22H28ClN3O4S. The molecule has 0 unspecified atom stereocenters. The Hall–Kier alpha value is -2.58. The van der Waals surface area contributed by atoms with Crippen molar-refractivity contribution < 1.29 is 18.0 Å². The van der Waals surface area contributed by atoms with Gasteiger partial charge in [0.2, 0.25) is 15.9 Å². The van der Waals surface area contributed by atoms with Gasteiger partial charge in [-0.1, -0.05) is 43.1 Å². The van der Waals surface area contributed by atoms with Crippen LogP contribution in [0, 0.1) is 0 Å². The molecule has 0 radical (unpaired) electrons. The van der Waals surface area contributed by atoms with E-state index >= 15 is 0 Å². The van der Waals surface area contributed by atoms with Crippen molar-refractivity contribution in [1.29, 1.82) is 0 Å². The minimum Gasteiger partial charge on any atom is -0.352 e. The first-order valence-electron chi connectivity index (χ1n) is 10.1. The fraction of sp³-hybridized carbons (Fsp3) is 0.364. The van der Waals surface area contributed by atoms with E-state index in [2.05, 4.69) is 10.6 Å². The predicted octanol–water partition coefficient (Wildman–Crippen LogP) is 4.05. The van der Waals surface area contributed by atoms with Crippen molar-refractivity contribution in [2.24, 2.45) is 0 Å². The number of carbonyl (C=O) groups is 2. The number of para-hydroxylation sites is 1. The Morgan fingerprint density at radius 3 is 2.48 bits per heavy atom. The Bertz CT molecular complexity index is 1010. The van der Waals surface area contributed by atoms with E-state index < -0.39 is 10.0 Å². The Labute approximate surface area is 188 Å². The molecule has 7 nitrogen and oxygen atoms in total. The first-order chi connectivity index (χ1) is 14.7. The number of benzene rings is 2. The Balaban J connectivity index is 1.98. The van der Waals surface area contributed by atoms with E-state index in [4.69, 9.17) is 11.6 Å². The lowest BCUT2D eigenvalue weighted by Crippen LogP contribution is -2.31. The van der Waals surface area contributed by atoms with Crippen molar-refractivity contribution in [3.05, 3.63) is 59.1 Å². The summed E-state index contributed by atoms with van der Waals surface area (Å²) in [6, 6.07) is 13.3. The zero-order chi connectivity index (χ0) is 22.9. The number of nitrogens with zero attached hydrogens (tertiary/aromatic N) is 1. The van der Waals surface area contributed by atoms with Gasteiger partial charge in [-0.25, -0.2) is 8.42 Å². The third kappa shape index (κ3) is 7.88. The van der Waals surface area contributed by atoms with Gasteiger partial charge in [0.05, 0.1) is 23.2 Å². The van der Waals surface area contributed by atoms with Crippen molar-refractivity contribution in [2.45, 2.75) is 32.6 Å². The second-order valence-corrected chi connectivity index (χ2v) is 9.47.